The minimum Gasteiger partial charge on any atom is -0.392 e. The molecule has 1 fully saturated rings. The number of thiazole rings is 1. The number of aromatic amines is 1. The van der Waals surface area contributed by atoms with Crippen molar-refractivity contribution < 1.29 is 13.5 Å². The van der Waals surface area contributed by atoms with E-state index in [2.05, 4.69) is 19.6 Å². The molecule has 0 saturated carbocycles. The third kappa shape index (κ3) is 4.39. The molecule has 1 aliphatic rings. The van der Waals surface area contributed by atoms with Crippen LogP contribution in [0.25, 0.3) is 21.6 Å². The number of sulfonamides is 1. The van der Waals surface area contributed by atoms with Gasteiger partial charge in [-0.1, -0.05) is 18.2 Å². The second-order valence-corrected chi connectivity index (χ2v) is 11.6. The number of anilines is 1. The number of aliphatic hydroxyl groups excluding tert-OH is 1. The lowest BCUT2D eigenvalue weighted by atomic mass is 10.1. The van der Waals surface area contributed by atoms with E-state index in [0.29, 0.717) is 12.2 Å². The van der Waals surface area contributed by atoms with Crippen LogP contribution in [0.5, 0.6) is 0 Å². The van der Waals surface area contributed by atoms with Crippen LogP contribution >= 0.6 is 22.7 Å². The zero-order valence-electron chi connectivity index (χ0n) is 16.6. The number of fused-ring (bicyclic) bond motifs is 1. The van der Waals surface area contributed by atoms with Crippen molar-refractivity contribution in [3.05, 3.63) is 52.9 Å². The summed E-state index contributed by atoms with van der Waals surface area (Å²) in [5.41, 5.74) is 2.09. The van der Waals surface area contributed by atoms with E-state index in [0.717, 1.165) is 52.4 Å². The maximum atomic E-state index is 12.7. The van der Waals surface area contributed by atoms with Crippen molar-refractivity contribution in [3.63, 3.8) is 0 Å². The zero-order valence-corrected chi connectivity index (χ0v) is 19.1. The molecule has 1 aliphatic heterocycles. The number of likely N-dealkylation sites (tertiary alicyclic amines) is 1. The predicted octanol–water partition coefficient (Wildman–Crippen LogP) is 4.11. The van der Waals surface area contributed by atoms with Crippen molar-refractivity contribution >= 4 is 49.3 Å². The van der Waals surface area contributed by atoms with Gasteiger partial charge in [0.05, 0.1) is 23.0 Å². The van der Waals surface area contributed by atoms with Crippen LogP contribution in [0.4, 0.5) is 5.69 Å². The summed E-state index contributed by atoms with van der Waals surface area (Å²) in [5, 5.41) is 13.4. The summed E-state index contributed by atoms with van der Waals surface area (Å²) in [5.74, 6) is 0. The number of piperidine rings is 1. The predicted molar refractivity (Wildman–Crippen MR) is 125 cm³/mol. The summed E-state index contributed by atoms with van der Waals surface area (Å²) in [6, 6.07) is 10.8. The van der Waals surface area contributed by atoms with Gasteiger partial charge in [-0.25, -0.2) is 13.4 Å². The largest absolute Gasteiger partial charge is 0.392 e. The van der Waals surface area contributed by atoms with E-state index in [1.807, 2.05) is 24.4 Å². The van der Waals surface area contributed by atoms with E-state index in [1.165, 1.54) is 11.3 Å². The normalized spacial score (nSPS) is 17.9. The molecule has 0 spiro atoms. The minimum atomic E-state index is -3.62. The molecule has 3 N–H and O–H groups in total. The van der Waals surface area contributed by atoms with Crippen molar-refractivity contribution in [3.8, 4) is 10.7 Å². The lowest BCUT2D eigenvalue weighted by Crippen LogP contribution is -2.37. The Kier molecular flexibility index (Phi) is 5.57. The number of thiophene rings is 1. The number of benzene rings is 1. The topological polar surface area (TPSA) is 98.3 Å². The Hall–Kier alpha value is -2.24. The summed E-state index contributed by atoms with van der Waals surface area (Å²) in [7, 11) is -3.62. The zero-order chi connectivity index (χ0) is 21.4. The number of H-pyrrole nitrogens is 1. The smallest absolute Gasteiger partial charge is 0.271 e. The number of β-amino-alcohol motifs (C(OH)–C–C–N with tert-alkyl or cyclic N) is 1. The van der Waals surface area contributed by atoms with Gasteiger partial charge < -0.3 is 10.1 Å². The highest BCUT2D eigenvalue weighted by atomic mass is 32.2. The minimum absolute atomic E-state index is 0.244. The molecule has 1 aromatic carbocycles. The average Bonchev–Trinajstić information content (AvgIpc) is 3.48. The van der Waals surface area contributed by atoms with Gasteiger partial charge in [-0.15, -0.1) is 22.7 Å². The number of aromatic nitrogens is 2. The maximum Gasteiger partial charge on any atom is 0.271 e. The number of rotatable bonds is 6. The fourth-order valence-corrected chi connectivity index (χ4v) is 6.86. The molecular weight excluding hydrogens is 452 g/mol. The van der Waals surface area contributed by atoms with Gasteiger partial charge in [0.15, 0.2) is 0 Å². The number of aliphatic hydroxyl groups is 1. The molecule has 1 unspecified atom stereocenters. The Morgan fingerprint density at radius 1 is 1.29 bits per heavy atom. The molecule has 4 heterocycles. The molecule has 5 rings (SSSR count). The van der Waals surface area contributed by atoms with Gasteiger partial charge in [0.25, 0.3) is 10.0 Å². The quantitative estimate of drug-likeness (QED) is 0.391. The Bertz CT molecular complexity index is 1290. The molecule has 0 amide bonds. The number of hydrogen-bond donors (Lipinski definition) is 3. The summed E-state index contributed by atoms with van der Waals surface area (Å²) in [6.45, 7) is 2.47. The van der Waals surface area contributed by atoms with Gasteiger partial charge in [0.1, 0.15) is 9.22 Å². The van der Waals surface area contributed by atoms with Crippen LogP contribution in [0, 0.1) is 0 Å². The molecule has 31 heavy (non-hydrogen) atoms. The Balaban J connectivity index is 1.39. The molecule has 7 nitrogen and oxygen atoms in total. The van der Waals surface area contributed by atoms with E-state index in [-0.39, 0.29) is 10.3 Å². The number of nitrogens with zero attached hydrogens (tertiary/aromatic N) is 2. The third-order valence-electron chi connectivity index (χ3n) is 5.30. The van der Waals surface area contributed by atoms with Crippen LogP contribution in [-0.2, 0) is 16.6 Å². The van der Waals surface area contributed by atoms with Crippen LogP contribution in [0.15, 0.2) is 52.2 Å². The van der Waals surface area contributed by atoms with Crippen molar-refractivity contribution in [1.82, 2.24) is 14.9 Å². The molecule has 10 heteroatoms. The molecule has 3 aromatic heterocycles. The first kappa shape index (κ1) is 20.7. The SMILES string of the molecule is O=S(=O)(Nc1cccc2cc(-c3ncc(CN4CCCC(O)C4)s3)[nH]c12)c1cccs1. The third-order valence-corrected chi connectivity index (χ3v) is 9.08. The Morgan fingerprint density at radius 3 is 3.00 bits per heavy atom. The summed E-state index contributed by atoms with van der Waals surface area (Å²) < 4.78 is 28.3. The van der Waals surface area contributed by atoms with E-state index < -0.39 is 10.0 Å². The highest BCUT2D eigenvalue weighted by Gasteiger charge is 2.20. The van der Waals surface area contributed by atoms with Crippen molar-refractivity contribution in [2.24, 2.45) is 0 Å². The Morgan fingerprint density at radius 2 is 2.19 bits per heavy atom. The monoisotopic (exact) mass is 474 g/mol. The fraction of sp³-hybridized carbons (Fsp3) is 0.286. The number of para-hydroxylation sites is 1. The van der Waals surface area contributed by atoms with Gasteiger partial charge in [-0.05, 0) is 43.0 Å². The standard InChI is InChI=1S/C21H22N4O3S3/c26-15-5-2-8-25(12-15)13-16-11-22-21(30-16)18-10-14-4-1-6-17(20(14)23-18)24-31(27,28)19-7-3-9-29-19/h1,3-4,6-7,9-11,15,23-24,26H,2,5,8,12-13H2. The van der Waals surface area contributed by atoms with Crippen LogP contribution in [0.3, 0.4) is 0 Å². The lowest BCUT2D eigenvalue weighted by molar-refractivity contribution is 0.0673. The van der Waals surface area contributed by atoms with E-state index >= 15 is 0 Å². The number of nitrogens with one attached hydrogen (secondary N) is 2. The fourth-order valence-electron chi connectivity index (χ4n) is 3.87. The van der Waals surface area contributed by atoms with Gasteiger partial charge in [0, 0.05) is 29.5 Å². The molecule has 1 saturated heterocycles. The average molecular weight is 475 g/mol. The van der Waals surface area contributed by atoms with Gasteiger partial charge in [-0.3, -0.25) is 9.62 Å². The molecule has 0 aliphatic carbocycles. The molecule has 162 valence electrons. The van der Waals surface area contributed by atoms with Crippen LogP contribution < -0.4 is 4.72 Å². The first-order valence-electron chi connectivity index (χ1n) is 10.0. The first-order valence-corrected chi connectivity index (χ1v) is 13.2. The molecule has 1 atom stereocenters. The van der Waals surface area contributed by atoms with Crippen LogP contribution in [-0.4, -0.2) is 47.6 Å². The highest BCUT2D eigenvalue weighted by molar-refractivity contribution is 7.94. The van der Waals surface area contributed by atoms with Crippen LogP contribution in [0.1, 0.15) is 17.7 Å². The summed E-state index contributed by atoms with van der Waals surface area (Å²) in [6.07, 6.45) is 3.52. The molecule has 0 radical (unpaired) electrons. The van der Waals surface area contributed by atoms with Crippen molar-refractivity contribution in [2.45, 2.75) is 29.7 Å². The second kappa shape index (κ2) is 8.36. The van der Waals surface area contributed by atoms with Crippen molar-refractivity contribution in [1.29, 1.82) is 0 Å². The van der Waals surface area contributed by atoms with E-state index in [1.54, 1.807) is 34.9 Å². The van der Waals surface area contributed by atoms with Gasteiger partial charge >= 0.3 is 0 Å². The van der Waals surface area contributed by atoms with Gasteiger partial charge in [0.2, 0.25) is 0 Å². The second-order valence-electron chi connectivity index (χ2n) is 7.65. The molecule has 4 aromatic rings. The number of hydrogen-bond acceptors (Lipinski definition) is 7. The van der Waals surface area contributed by atoms with Crippen molar-refractivity contribution in [2.75, 3.05) is 17.8 Å². The van der Waals surface area contributed by atoms with Gasteiger partial charge in [-0.2, -0.15) is 0 Å². The van der Waals surface area contributed by atoms with Crippen LogP contribution in [0.2, 0.25) is 0 Å². The van der Waals surface area contributed by atoms with E-state index in [4.69, 9.17) is 0 Å². The molecular formula is C21H22N4O3S3. The first-order chi connectivity index (χ1) is 15.0. The highest BCUT2D eigenvalue weighted by Crippen LogP contribution is 2.33. The molecule has 0 bridgehead atoms. The summed E-state index contributed by atoms with van der Waals surface area (Å²) >= 11 is 2.80. The Labute approximate surface area is 188 Å². The maximum absolute atomic E-state index is 12.7. The van der Waals surface area contributed by atoms with E-state index in [9.17, 15) is 13.5 Å². The summed E-state index contributed by atoms with van der Waals surface area (Å²) in [4.78, 5) is 11.3. The lowest BCUT2D eigenvalue weighted by Gasteiger charge is -2.29.